The third kappa shape index (κ3) is 6.12. The quantitative estimate of drug-likeness (QED) is 0.531. The molecule has 3 aromatic rings. The minimum Gasteiger partial charge on any atom is -0.382 e. The van der Waals surface area contributed by atoms with Gasteiger partial charge >= 0.3 is 0 Å². The molecule has 1 amide bonds. The summed E-state index contributed by atoms with van der Waals surface area (Å²) in [4.78, 5) is 20.8. The standard InChI is InChI=1S/C23H26N4O2/c1-3-29-13-5-12-24-23(28)18-8-10-20(11-9-18)27-22-15-21(25-16-26-22)19-7-4-6-17(2)14-19/h4,6-11,14-16H,3,5,12-13H2,1-2H3,(H,24,28)(H,25,26,27). The zero-order chi connectivity index (χ0) is 20.5. The van der Waals surface area contributed by atoms with Gasteiger partial charge < -0.3 is 15.4 Å². The molecule has 0 aliphatic rings. The van der Waals surface area contributed by atoms with Crippen molar-refractivity contribution in [1.29, 1.82) is 0 Å². The van der Waals surface area contributed by atoms with E-state index in [0.29, 0.717) is 31.1 Å². The van der Waals surface area contributed by atoms with Gasteiger partial charge in [0.15, 0.2) is 0 Å². The van der Waals surface area contributed by atoms with Gasteiger partial charge in [-0.15, -0.1) is 0 Å². The average molecular weight is 390 g/mol. The van der Waals surface area contributed by atoms with Gasteiger partial charge in [0.1, 0.15) is 12.1 Å². The third-order valence-corrected chi connectivity index (χ3v) is 4.36. The summed E-state index contributed by atoms with van der Waals surface area (Å²) in [6.45, 7) is 5.96. The number of ether oxygens (including phenoxy) is 1. The summed E-state index contributed by atoms with van der Waals surface area (Å²) in [7, 11) is 0. The number of benzene rings is 2. The number of carbonyl (C=O) groups is 1. The molecule has 29 heavy (non-hydrogen) atoms. The highest BCUT2D eigenvalue weighted by molar-refractivity contribution is 5.94. The molecule has 0 aliphatic heterocycles. The maximum Gasteiger partial charge on any atom is 0.251 e. The van der Waals surface area contributed by atoms with Gasteiger partial charge in [-0.25, -0.2) is 9.97 Å². The normalized spacial score (nSPS) is 10.6. The Morgan fingerprint density at radius 1 is 1.07 bits per heavy atom. The second-order valence-electron chi connectivity index (χ2n) is 6.67. The summed E-state index contributed by atoms with van der Waals surface area (Å²) in [6.07, 6.45) is 2.35. The van der Waals surface area contributed by atoms with Gasteiger partial charge in [-0.2, -0.15) is 0 Å². The van der Waals surface area contributed by atoms with Crippen molar-refractivity contribution in [2.45, 2.75) is 20.3 Å². The Hall–Kier alpha value is -3.25. The number of aryl methyl sites for hydroxylation is 1. The molecule has 0 spiro atoms. The largest absolute Gasteiger partial charge is 0.382 e. The molecule has 1 heterocycles. The molecule has 0 bridgehead atoms. The van der Waals surface area contributed by atoms with Crippen molar-refractivity contribution in [2.75, 3.05) is 25.1 Å². The predicted molar refractivity (Wildman–Crippen MR) is 115 cm³/mol. The van der Waals surface area contributed by atoms with Gasteiger partial charge in [0.25, 0.3) is 5.91 Å². The Morgan fingerprint density at radius 3 is 2.66 bits per heavy atom. The lowest BCUT2D eigenvalue weighted by Gasteiger charge is -2.09. The first-order valence-electron chi connectivity index (χ1n) is 9.78. The van der Waals surface area contributed by atoms with Crippen LogP contribution in [0.5, 0.6) is 0 Å². The summed E-state index contributed by atoms with van der Waals surface area (Å²) in [5.74, 6) is 0.612. The van der Waals surface area contributed by atoms with Crippen LogP contribution in [0.2, 0.25) is 0 Å². The Balaban J connectivity index is 1.60. The Labute approximate surface area is 171 Å². The van der Waals surface area contributed by atoms with E-state index in [2.05, 4.69) is 39.7 Å². The van der Waals surface area contributed by atoms with Crippen LogP contribution in [0.1, 0.15) is 29.3 Å². The number of anilines is 2. The van der Waals surface area contributed by atoms with Crippen LogP contribution >= 0.6 is 0 Å². The molecule has 0 radical (unpaired) electrons. The minimum absolute atomic E-state index is 0.0863. The molecule has 0 saturated carbocycles. The number of rotatable bonds is 9. The molecule has 0 aliphatic carbocycles. The Morgan fingerprint density at radius 2 is 1.90 bits per heavy atom. The first kappa shape index (κ1) is 20.5. The van der Waals surface area contributed by atoms with Gasteiger partial charge in [-0.1, -0.05) is 23.8 Å². The lowest BCUT2D eigenvalue weighted by Crippen LogP contribution is -2.25. The fourth-order valence-electron chi connectivity index (χ4n) is 2.86. The molecule has 150 valence electrons. The van der Waals surface area contributed by atoms with Gasteiger partial charge in [-0.3, -0.25) is 4.79 Å². The van der Waals surface area contributed by atoms with Crippen molar-refractivity contribution < 1.29 is 9.53 Å². The molecule has 0 unspecified atom stereocenters. The lowest BCUT2D eigenvalue weighted by molar-refractivity contribution is 0.0944. The van der Waals surface area contributed by atoms with Crippen molar-refractivity contribution in [3.05, 3.63) is 72.1 Å². The van der Waals surface area contributed by atoms with Crippen LogP contribution in [0.3, 0.4) is 0 Å². The molecule has 0 saturated heterocycles. The van der Waals surface area contributed by atoms with Crippen LogP contribution in [0, 0.1) is 6.92 Å². The van der Waals surface area contributed by atoms with Crippen LogP contribution in [0.25, 0.3) is 11.3 Å². The van der Waals surface area contributed by atoms with E-state index in [1.165, 1.54) is 5.56 Å². The monoisotopic (exact) mass is 390 g/mol. The lowest BCUT2D eigenvalue weighted by atomic mass is 10.1. The van der Waals surface area contributed by atoms with Crippen molar-refractivity contribution in [1.82, 2.24) is 15.3 Å². The number of hydrogen-bond donors (Lipinski definition) is 2. The minimum atomic E-state index is -0.0863. The summed E-state index contributed by atoms with van der Waals surface area (Å²) in [5, 5.41) is 6.16. The van der Waals surface area contributed by atoms with Crippen LogP contribution in [0.15, 0.2) is 60.9 Å². The second kappa shape index (κ2) is 10.3. The molecule has 6 heteroatoms. The average Bonchev–Trinajstić information content (AvgIpc) is 2.74. The van der Waals surface area contributed by atoms with Crippen molar-refractivity contribution in [2.24, 2.45) is 0 Å². The van der Waals surface area contributed by atoms with E-state index in [1.807, 2.05) is 37.3 Å². The SMILES string of the molecule is CCOCCCNC(=O)c1ccc(Nc2cc(-c3cccc(C)c3)ncn2)cc1. The van der Waals surface area contributed by atoms with Crippen LogP contribution in [0.4, 0.5) is 11.5 Å². The number of aromatic nitrogens is 2. The molecule has 6 nitrogen and oxygen atoms in total. The summed E-state index contributed by atoms with van der Waals surface area (Å²) in [6, 6.07) is 17.4. The number of nitrogens with one attached hydrogen (secondary N) is 2. The first-order valence-corrected chi connectivity index (χ1v) is 9.78. The van der Waals surface area contributed by atoms with E-state index in [4.69, 9.17) is 4.74 Å². The van der Waals surface area contributed by atoms with Gasteiger partial charge in [-0.05, 0) is 50.6 Å². The highest BCUT2D eigenvalue weighted by atomic mass is 16.5. The van der Waals surface area contributed by atoms with E-state index in [9.17, 15) is 4.79 Å². The highest BCUT2D eigenvalue weighted by Crippen LogP contribution is 2.22. The smallest absolute Gasteiger partial charge is 0.251 e. The molecule has 1 aromatic heterocycles. The zero-order valence-corrected chi connectivity index (χ0v) is 16.8. The number of carbonyl (C=O) groups excluding carboxylic acids is 1. The number of hydrogen-bond acceptors (Lipinski definition) is 5. The van der Waals surface area contributed by atoms with Crippen molar-refractivity contribution in [3.8, 4) is 11.3 Å². The van der Waals surface area contributed by atoms with Crippen molar-refractivity contribution >= 4 is 17.4 Å². The Bertz CT molecular complexity index is 942. The van der Waals surface area contributed by atoms with E-state index >= 15 is 0 Å². The Kier molecular flexibility index (Phi) is 7.30. The van der Waals surface area contributed by atoms with Crippen LogP contribution < -0.4 is 10.6 Å². The van der Waals surface area contributed by atoms with Gasteiger partial charge in [0.05, 0.1) is 5.69 Å². The maximum atomic E-state index is 12.2. The molecule has 0 atom stereocenters. The molecule has 2 aromatic carbocycles. The predicted octanol–water partition coefficient (Wildman–Crippen LogP) is 4.35. The fourth-order valence-corrected chi connectivity index (χ4v) is 2.86. The summed E-state index contributed by atoms with van der Waals surface area (Å²) < 4.78 is 5.27. The van der Waals surface area contributed by atoms with E-state index in [-0.39, 0.29) is 5.91 Å². The third-order valence-electron chi connectivity index (χ3n) is 4.36. The molecule has 3 rings (SSSR count). The summed E-state index contributed by atoms with van der Waals surface area (Å²) >= 11 is 0. The fraction of sp³-hybridized carbons (Fsp3) is 0.261. The van der Waals surface area contributed by atoms with Crippen LogP contribution in [-0.2, 0) is 4.74 Å². The van der Waals surface area contributed by atoms with E-state index in [1.54, 1.807) is 18.5 Å². The second-order valence-corrected chi connectivity index (χ2v) is 6.67. The van der Waals surface area contributed by atoms with E-state index in [0.717, 1.165) is 23.4 Å². The maximum absolute atomic E-state index is 12.2. The zero-order valence-electron chi connectivity index (χ0n) is 16.8. The topological polar surface area (TPSA) is 76.1 Å². The summed E-state index contributed by atoms with van der Waals surface area (Å²) in [5.41, 5.74) is 4.56. The van der Waals surface area contributed by atoms with Gasteiger partial charge in [0.2, 0.25) is 0 Å². The van der Waals surface area contributed by atoms with Crippen molar-refractivity contribution in [3.63, 3.8) is 0 Å². The van der Waals surface area contributed by atoms with Crippen LogP contribution in [-0.4, -0.2) is 35.6 Å². The van der Waals surface area contributed by atoms with Gasteiger partial charge in [0, 0.05) is 42.6 Å². The highest BCUT2D eigenvalue weighted by Gasteiger charge is 2.06. The molecular weight excluding hydrogens is 364 g/mol. The first-order chi connectivity index (χ1) is 14.2. The number of nitrogens with zero attached hydrogens (tertiary/aromatic N) is 2. The molecule has 2 N–H and O–H groups in total. The molecular formula is C23H26N4O2. The number of amides is 1. The van der Waals surface area contributed by atoms with E-state index < -0.39 is 0 Å². The molecule has 0 fully saturated rings.